The molecule has 1 saturated carbocycles. The molecule has 1 heterocycles. The second kappa shape index (κ2) is 5.34. The van der Waals surface area contributed by atoms with Gasteiger partial charge >= 0.3 is 0 Å². The van der Waals surface area contributed by atoms with Crippen molar-refractivity contribution in [3.63, 3.8) is 0 Å². The van der Waals surface area contributed by atoms with Crippen LogP contribution in [-0.4, -0.2) is 55.1 Å². The summed E-state index contributed by atoms with van der Waals surface area (Å²) in [6.45, 7) is 10.5. The Labute approximate surface area is 119 Å². The molecular weight excluding hydrogens is 234 g/mol. The lowest BCUT2D eigenvalue weighted by Crippen LogP contribution is -2.59. The molecule has 0 bridgehead atoms. The van der Waals surface area contributed by atoms with Crippen LogP contribution < -0.4 is 5.73 Å². The first kappa shape index (κ1) is 15.3. The normalized spacial score (nSPS) is 39.3. The fourth-order valence-corrected chi connectivity index (χ4v) is 4.90. The zero-order chi connectivity index (χ0) is 14.3. The second-order valence-electron chi connectivity index (χ2n) is 8.01. The average Bonchev–Trinajstić information content (AvgIpc) is 2.80. The highest BCUT2D eigenvalue weighted by atomic mass is 15.3. The van der Waals surface area contributed by atoms with Crippen molar-refractivity contribution in [3.8, 4) is 0 Å². The maximum Gasteiger partial charge on any atom is 0.0365 e. The molecule has 19 heavy (non-hydrogen) atoms. The van der Waals surface area contributed by atoms with Gasteiger partial charge in [0.25, 0.3) is 0 Å². The monoisotopic (exact) mass is 267 g/mol. The third kappa shape index (κ3) is 2.84. The van der Waals surface area contributed by atoms with Gasteiger partial charge < -0.3 is 10.6 Å². The molecule has 2 aliphatic rings. The number of rotatable bonds is 4. The molecule has 3 unspecified atom stereocenters. The third-order valence-electron chi connectivity index (χ3n) is 5.44. The highest BCUT2D eigenvalue weighted by molar-refractivity contribution is 5.08. The molecule has 0 aromatic heterocycles. The molecular formula is C16H33N3. The molecule has 0 spiro atoms. The third-order valence-corrected chi connectivity index (χ3v) is 5.44. The van der Waals surface area contributed by atoms with Gasteiger partial charge in [-0.3, -0.25) is 4.90 Å². The van der Waals surface area contributed by atoms with E-state index in [4.69, 9.17) is 5.73 Å². The summed E-state index contributed by atoms with van der Waals surface area (Å²) in [5, 5.41) is 0. The standard InChI is InChI=1S/C16H33N3/c1-13-9-15(2,3)11-16(13,12-17)19-8-6-7-14(19)10-18(4)5/h13-14H,6-12,17H2,1-5H3. The lowest BCUT2D eigenvalue weighted by atomic mass is 9.84. The molecule has 3 nitrogen and oxygen atoms in total. The van der Waals surface area contributed by atoms with Gasteiger partial charge in [0, 0.05) is 24.7 Å². The summed E-state index contributed by atoms with van der Waals surface area (Å²) >= 11 is 0. The van der Waals surface area contributed by atoms with E-state index in [0.717, 1.165) is 12.5 Å². The summed E-state index contributed by atoms with van der Waals surface area (Å²) in [5.74, 6) is 0.718. The zero-order valence-electron chi connectivity index (χ0n) is 13.6. The lowest BCUT2D eigenvalue weighted by molar-refractivity contribution is 0.0377. The molecule has 2 rings (SSSR count). The molecule has 3 heteroatoms. The maximum atomic E-state index is 6.30. The summed E-state index contributed by atoms with van der Waals surface area (Å²) < 4.78 is 0. The van der Waals surface area contributed by atoms with Gasteiger partial charge in [0.1, 0.15) is 0 Å². The van der Waals surface area contributed by atoms with Crippen molar-refractivity contribution in [2.45, 2.75) is 58.0 Å². The van der Waals surface area contributed by atoms with Crippen molar-refractivity contribution in [1.29, 1.82) is 0 Å². The van der Waals surface area contributed by atoms with Crippen molar-refractivity contribution in [2.75, 3.05) is 33.7 Å². The van der Waals surface area contributed by atoms with E-state index in [2.05, 4.69) is 44.7 Å². The smallest absolute Gasteiger partial charge is 0.0365 e. The summed E-state index contributed by atoms with van der Waals surface area (Å²) in [4.78, 5) is 5.12. The predicted octanol–water partition coefficient (Wildman–Crippen LogP) is 2.17. The van der Waals surface area contributed by atoms with Crippen LogP contribution in [0.5, 0.6) is 0 Å². The molecule has 0 amide bonds. The Morgan fingerprint density at radius 1 is 1.32 bits per heavy atom. The lowest BCUT2D eigenvalue weighted by Gasteiger charge is -2.46. The SMILES string of the molecule is CC1CC(C)(C)CC1(CN)N1CCCC1CN(C)C. The predicted molar refractivity (Wildman–Crippen MR) is 82.2 cm³/mol. The van der Waals surface area contributed by atoms with Crippen molar-refractivity contribution in [1.82, 2.24) is 9.80 Å². The van der Waals surface area contributed by atoms with E-state index < -0.39 is 0 Å². The van der Waals surface area contributed by atoms with Gasteiger partial charge in [-0.1, -0.05) is 20.8 Å². The van der Waals surface area contributed by atoms with Crippen molar-refractivity contribution in [2.24, 2.45) is 17.1 Å². The van der Waals surface area contributed by atoms with Crippen LogP contribution in [0.3, 0.4) is 0 Å². The van der Waals surface area contributed by atoms with Crippen molar-refractivity contribution in [3.05, 3.63) is 0 Å². The Kier molecular flexibility index (Phi) is 4.29. The average molecular weight is 267 g/mol. The summed E-state index contributed by atoms with van der Waals surface area (Å²) in [7, 11) is 4.38. The molecule has 1 aliphatic carbocycles. The minimum absolute atomic E-state index is 0.251. The first-order chi connectivity index (χ1) is 8.81. The van der Waals surface area contributed by atoms with Gasteiger partial charge in [-0.05, 0) is 57.7 Å². The van der Waals surface area contributed by atoms with Gasteiger partial charge in [-0.15, -0.1) is 0 Å². The highest BCUT2D eigenvalue weighted by Crippen LogP contribution is 2.51. The Morgan fingerprint density at radius 3 is 2.47 bits per heavy atom. The molecule has 1 aliphatic heterocycles. The number of hydrogen-bond acceptors (Lipinski definition) is 3. The van der Waals surface area contributed by atoms with Gasteiger partial charge in [0.15, 0.2) is 0 Å². The largest absolute Gasteiger partial charge is 0.329 e. The fourth-order valence-electron chi connectivity index (χ4n) is 4.90. The first-order valence-corrected chi connectivity index (χ1v) is 7.92. The van der Waals surface area contributed by atoms with E-state index in [1.807, 2.05) is 0 Å². The van der Waals surface area contributed by atoms with Gasteiger partial charge in [-0.2, -0.15) is 0 Å². The van der Waals surface area contributed by atoms with Crippen LogP contribution in [0.25, 0.3) is 0 Å². The summed E-state index contributed by atoms with van der Waals surface area (Å²) in [6.07, 6.45) is 5.26. The van der Waals surface area contributed by atoms with Crippen LogP contribution in [0.15, 0.2) is 0 Å². The molecule has 2 fully saturated rings. The van der Waals surface area contributed by atoms with Gasteiger partial charge in [0.2, 0.25) is 0 Å². The molecule has 1 saturated heterocycles. The second-order valence-corrected chi connectivity index (χ2v) is 8.01. The molecule has 0 aromatic rings. The van der Waals surface area contributed by atoms with Crippen LogP contribution in [0.1, 0.15) is 46.5 Å². The van der Waals surface area contributed by atoms with E-state index in [-0.39, 0.29) is 5.54 Å². The highest BCUT2D eigenvalue weighted by Gasteiger charge is 2.53. The van der Waals surface area contributed by atoms with E-state index in [0.29, 0.717) is 11.5 Å². The quantitative estimate of drug-likeness (QED) is 0.847. The van der Waals surface area contributed by atoms with Gasteiger partial charge in [0.05, 0.1) is 0 Å². The number of nitrogens with two attached hydrogens (primary N) is 1. The van der Waals surface area contributed by atoms with E-state index in [1.165, 1.54) is 38.8 Å². The van der Waals surface area contributed by atoms with E-state index in [1.54, 1.807) is 0 Å². The van der Waals surface area contributed by atoms with Crippen LogP contribution in [0, 0.1) is 11.3 Å². The minimum Gasteiger partial charge on any atom is -0.329 e. The molecule has 2 N–H and O–H groups in total. The van der Waals surface area contributed by atoms with Crippen LogP contribution in [0.2, 0.25) is 0 Å². The van der Waals surface area contributed by atoms with Crippen LogP contribution >= 0.6 is 0 Å². The topological polar surface area (TPSA) is 32.5 Å². The fraction of sp³-hybridized carbons (Fsp3) is 1.00. The number of hydrogen-bond donors (Lipinski definition) is 1. The Hall–Kier alpha value is -0.120. The van der Waals surface area contributed by atoms with Gasteiger partial charge in [-0.25, -0.2) is 0 Å². The zero-order valence-corrected chi connectivity index (χ0v) is 13.6. The Balaban J connectivity index is 2.21. The number of likely N-dealkylation sites (N-methyl/N-ethyl adjacent to an activating group) is 1. The first-order valence-electron chi connectivity index (χ1n) is 7.92. The molecule has 0 aromatic carbocycles. The Morgan fingerprint density at radius 2 is 2.00 bits per heavy atom. The van der Waals surface area contributed by atoms with E-state index >= 15 is 0 Å². The summed E-state index contributed by atoms with van der Waals surface area (Å²) in [6, 6.07) is 0.704. The molecule has 0 radical (unpaired) electrons. The number of likely N-dealkylation sites (tertiary alicyclic amines) is 1. The molecule has 3 atom stereocenters. The van der Waals surface area contributed by atoms with Crippen molar-refractivity contribution >= 4 is 0 Å². The van der Waals surface area contributed by atoms with Crippen LogP contribution in [0.4, 0.5) is 0 Å². The molecule has 112 valence electrons. The summed E-state index contributed by atoms with van der Waals surface area (Å²) in [5.41, 5.74) is 7.00. The van der Waals surface area contributed by atoms with Crippen molar-refractivity contribution < 1.29 is 0 Å². The van der Waals surface area contributed by atoms with E-state index in [9.17, 15) is 0 Å². The maximum absolute atomic E-state index is 6.30. The number of nitrogens with zero attached hydrogens (tertiary/aromatic N) is 2. The minimum atomic E-state index is 0.251. The Bertz CT molecular complexity index is 313. The van der Waals surface area contributed by atoms with Crippen LogP contribution in [-0.2, 0) is 0 Å².